The number of Topliss-reactive ketones (excluding diaryl/α,β-unsaturated/α-hetero) is 2. The third-order valence-corrected chi connectivity index (χ3v) is 1.83. The summed E-state index contributed by atoms with van der Waals surface area (Å²) >= 11 is 0. The maximum Gasteiger partial charge on any atom is 0.178 e. The van der Waals surface area contributed by atoms with Gasteiger partial charge in [0.25, 0.3) is 0 Å². The number of ketones is 2. The summed E-state index contributed by atoms with van der Waals surface area (Å²) in [5, 5.41) is 0. The van der Waals surface area contributed by atoms with Crippen LogP contribution in [-0.4, -0.2) is 17.3 Å². The van der Waals surface area contributed by atoms with Crippen molar-refractivity contribution >= 4 is 17.3 Å². The smallest absolute Gasteiger partial charge is 0.178 e. The van der Waals surface area contributed by atoms with Crippen LogP contribution >= 0.6 is 0 Å². The summed E-state index contributed by atoms with van der Waals surface area (Å²) in [5.41, 5.74) is 3.72. The van der Waals surface area contributed by atoms with Crippen molar-refractivity contribution in [2.24, 2.45) is 4.99 Å². The highest BCUT2D eigenvalue weighted by atomic mass is 16.1. The van der Waals surface area contributed by atoms with Crippen molar-refractivity contribution in [2.45, 2.75) is 20.3 Å². The molecule has 1 heterocycles. The van der Waals surface area contributed by atoms with Gasteiger partial charge in [-0.2, -0.15) is 0 Å². The molecule has 0 amide bonds. The molecule has 0 spiro atoms. The molecule has 0 aliphatic carbocycles. The van der Waals surface area contributed by atoms with E-state index in [1.165, 1.54) is 26.1 Å². The molecule has 0 unspecified atom stereocenters. The van der Waals surface area contributed by atoms with E-state index < -0.39 is 0 Å². The number of allylic oxidation sites excluding steroid dienone is 2. The summed E-state index contributed by atoms with van der Waals surface area (Å²) in [7, 11) is 0. The molecular formula is C11H11NO2. The van der Waals surface area contributed by atoms with Crippen molar-refractivity contribution in [3.8, 4) is 0 Å². The Morgan fingerprint density at radius 1 is 1.36 bits per heavy atom. The summed E-state index contributed by atoms with van der Waals surface area (Å²) in [6.45, 7) is 2.91. The fourth-order valence-electron chi connectivity index (χ4n) is 0.971. The summed E-state index contributed by atoms with van der Waals surface area (Å²) < 4.78 is 0. The van der Waals surface area contributed by atoms with Crippen LogP contribution in [0.15, 0.2) is 34.6 Å². The van der Waals surface area contributed by atoms with Gasteiger partial charge in [0.1, 0.15) is 5.71 Å². The molecular weight excluding hydrogens is 178 g/mol. The molecule has 0 aromatic carbocycles. The normalized spacial score (nSPS) is 19.0. The molecule has 0 fully saturated rings. The van der Waals surface area contributed by atoms with Gasteiger partial charge < -0.3 is 0 Å². The minimum Gasteiger partial charge on any atom is -0.295 e. The van der Waals surface area contributed by atoms with E-state index in [2.05, 4.69) is 10.7 Å². The van der Waals surface area contributed by atoms with Crippen molar-refractivity contribution in [2.75, 3.05) is 0 Å². The van der Waals surface area contributed by atoms with Crippen LogP contribution in [-0.2, 0) is 9.59 Å². The Labute approximate surface area is 82.5 Å². The van der Waals surface area contributed by atoms with Crippen LogP contribution in [0.1, 0.15) is 20.3 Å². The fraction of sp³-hybridized carbons (Fsp3) is 0.273. The molecule has 3 nitrogen and oxygen atoms in total. The van der Waals surface area contributed by atoms with Crippen LogP contribution in [0.4, 0.5) is 0 Å². The first kappa shape index (κ1) is 10.4. The minimum atomic E-state index is -0.132. The van der Waals surface area contributed by atoms with Gasteiger partial charge in [0.05, 0.1) is 0 Å². The fourth-order valence-corrected chi connectivity index (χ4v) is 0.971. The van der Waals surface area contributed by atoms with Crippen LogP contribution in [0.25, 0.3) is 0 Å². The largest absolute Gasteiger partial charge is 0.295 e. The first-order valence-electron chi connectivity index (χ1n) is 4.31. The van der Waals surface area contributed by atoms with Gasteiger partial charge in [-0.05, 0) is 13.0 Å². The van der Waals surface area contributed by atoms with Crippen LogP contribution in [0.3, 0.4) is 0 Å². The summed E-state index contributed by atoms with van der Waals surface area (Å²) in [5.74, 6) is -0.163. The average Bonchev–Trinajstić information content (AvgIpc) is 2.01. The zero-order chi connectivity index (χ0) is 10.6. The van der Waals surface area contributed by atoms with E-state index >= 15 is 0 Å². The van der Waals surface area contributed by atoms with Crippen molar-refractivity contribution in [1.29, 1.82) is 0 Å². The van der Waals surface area contributed by atoms with E-state index in [9.17, 15) is 9.59 Å². The molecule has 0 radical (unpaired) electrons. The standard InChI is InChI=1S/C11H11NO2/c1-8(13)10-5-3-4-6-11(9(2)14)12-7-10/h3,6-7H,5H2,1-2H3/b10-7+,12-11?. The monoisotopic (exact) mass is 189 g/mol. The predicted octanol–water partition coefficient (Wildman–Crippen LogP) is 1.60. The van der Waals surface area contributed by atoms with Crippen molar-refractivity contribution in [3.63, 3.8) is 0 Å². The molecule has 0 saturated carbocycles. The molecule has 0 aromatic heterocycles. The molecule has 3 heteroatoms. The molecule has 0 saturated heterocycles. The van der Waals surface area contributed by atoms with Gasteiger partial charge in [-0.25, -0.2) is 0 Å². The molecule has 0 atom stereocenters. The molecule has 0 N–H and O–H groups in total. The SMILES string of the molecule is CC(=O)C1=N/C=C(/C(C)=O)CC=C=C1. The zero-order valence-corrected chi connectivity index (χ0v) is 8.20. The predicted molar refractivity (Wildman–Crippen MR) is 54.2 cm³/mol. The van der Waals surface area contributed by atoms with E-state index in [1.807, 2.05) is 0 Å². The maximum absolute atomic E-state index is 11.1. The quantitative estimate of drug-likeness (QED) is 0.619. The minimum absolute atomic E-state index is 0.0309. The van der Waals surface area contributed by atoms with E-state index in [0.29, 0.717) is 17.7 Å². The molecule has 1 aliphatic rings. The lowest BCUT2D eigenvalue weighted by Crippen LogP contribution is -2.06. The summed E-state index contributed by atoms with van der Waals surface area (Å²) in [6, 6.07) is 0. The number of hydrogen-bond donors (Lipinski definition) is 0. The van der Waals surface area contributed by atoms with E-state index in [4.69, 9.17) is 0 Å². The molecule has 0 aromatic rings. The molecule has 1 aliphatic heterocycles. The number of nitrogens with zero attached hydrogens (tertiary/aromatic N) is 1. The Morgan fingerprint density at radius 2 is 2.07 bits per heavy atom. The van der Waals surface area contributed by atoms with Gasteiger partial charge in [-0.15, -0.1) is 5.73 Å². The third kappa shape index (κ3) is 2.64. The summed E-state index contributed by atoms with van der Waals surface area (Å²) in [6.07, 6.45) is 5.20. The second kappa shape index (κ2) is 4.49. The Hall–Kier alpha value is -1.73. The second-order valence-electron chi connectivity index (χ2n) is 3.00. The Kier molecular flexibility index (Phi) is 3.32. The van der Waals surface area contributed by atoms with Crippen molar-refractivity contribution < 1.29 is 9.59 Å². The lowest BCUT2D eigenvalue weighted by atomic mass is 10.1. The lowest BCUT2D eigenvalue weighted by Gasteiger charge is -1.99. The van der Waals surface area contributed by atoms with Gasteiger partial charge >= 0.3 is 0 Å². The Balaban J connectivity index is 3.06. The Bertz CT molecular complexity index is 394. The second-order valence-corrected chi connectivity index (χ2v) is 3.00. The van der Waals surface area contributed by atoms with E-state index in [0.717, 1.165) is 0 Å². The molecule has 72 valence electrons. The van der Waals surface area contributed by atoms with E-state index in [1.54, 1.807) is 6.08 Å². The first-order valence-corrected chi connectivity index (χ1v) is 4.31. The molecule has 1 rings (SSSR count). The van der Waals surface area contributed by atoms with Crippen LogP contribution < -0.4 is 0 Å². The van der Waals surface area contributed by atoms with Crippen LogP contribution in [0.5, 0.6) is 0 Å². The van der Waals surface area contributed by atoms with Crippen molar-refractivity contribution in [3.05, 3.63) is 29.7 Å². The van der Waals surface area contributed by atoms with Gasteiger partial charge in [0, 0.05) is 31.2 Å². The van der Waals surface area contributed by atoms with Crippen molar-refractivity contribution in [1.82, 2.24) is 0 Å². The number of carbonyl (C=O) groups is 2. The zero-order valence-electron chi connectivity index (χ0n) is 8.20. The van der Waals surface area contributed by atoms with Gasteiger partial charge in [-0.1, -0.05) is 0 Å². The topological polar surface area (TPSA) is 46.5 Å². The number of rotatable bonds is 2. The first-order chi connectivity index (χ1) is 6.61. The maximum atomic E-state index is 11.1. The Morgan fingerprint density at radius 3 is 2.64 bits per heavy atom. The third-order valence-electron chi connectivity index (χ3n) is 1.83. The lowest BCUT2D eigenvalue weighted by molar-refractivity contribution is -0.114. The van der Waals surface area contributed by atoms with Gasteiger partial charge in [0.2, 0.25) is 0 Å². The number of hydrogen-bond acceptors (Lipinski definition) is 3. The molecule has 14 heavy (non-hydrogen) atoms. The highest BCUT2D eigenvalue weighted by molar-refractivity contribution is 6.43. The van der Waals surface area contributed by atoms with Crippen LogP contribution in [0.2, 0.25) is 0 Å². The van der Waals surface area contributed by atoms with Gasteiger partial charge in [0.15, 0.2) is 11.6 Å². The average molecular weight is 189 g/mol. The van der Waals surface area contributed by atoms with Gasteiger partial charge in [-0.3, -0.25) is 14.6 Å². The van der Waals surface area contributed by atoms with E-state index in [-0.39, 0.29) is 11.6 Å². The number of carbonyl (C=O) groups excluding carboxylic acids is 2. The highest BCUT2D eigenvalue weighted by Crippen LogP contribution is 2.06. The summed E-state index contributed by atoms with van der Waals surface area (Å²) in [4.78, 5) is 26.0. The van der Waals surface area contributed by atoms with Crippen LogP contribution in [0, 0.1) is 0 Å². The number of aliphatic imine (C=N–C) groups is 1. The highest BCUT2D eigenvalue weighted by Gasteiger charge is 2.04. The molecule has 0 bridgehead atoms.